The third kappa shape index (κ3) is 5.59. The van der Waals surface area contributed by atoms with Crippen LogP contribution in [0.15, 0.2) is 63.4 Å². The Kier molecular flexibility index (Phi) is 6.19. The van der Waals surface area contributed by atoms with Crippen molar-refractivity contribution in [2.75, 3.05) is 11.9 Å². The molecule has 3 rings (SSSR count). The number of halogens is 1. The molecule has 10 heteroatoms. The molecule has 0 saturated heterocycles. The molecule has 0 saturated carbocycles. The lowest BCUT2D eigenvalue weighted by molar-refractivity contribution is -0.118. The summed E-state index contributed by atoms with van der Waals surface area (Å²) in [6.07, 6.45) is 0. The normalized spacial score (nSPS) is 11.1. The van der Waals surface area contributed by atoms with Crippen LogP contribution in [0.3, 0.4) is 0 Å². The Labute approximate surface area is 168 Å². The van der Waals surface area contributed by atoms with Gasteiger partial charge in [0.1, 0.15) is 5.75 Å². The average Bonchev–Trinajstić information content (AvgIpc) is 3.11. The number of sulfone groups is 1. The third-order valence-corrected chi connectivity index (χ3v) is 6.80. The van der Waals surface area contributed by atoms with Gasteiger partial charge in [0, 0.05) is 4.47 Å². The molecule has 0 unspecified atom stereocenters. The number of aromatic nitrogens is 2. The van der Waals surface area contributed by atoms with Gasteiger partial charge in [0.25, 0.3) is 5.91 Å². The number of rotatable bonds is 7. The maximum atomic E-state index is 12.4. The van der Waals surface area contributed by atoms with Crippen LogP contribution in [0.2, 0.25) is 0 Å². The lowest BCUT2D eigenvalue weighted by Crippen LogP contribution is -2.20. The highest BCUT2D eigenvalue weighted by atomic mass is 79.9. The van der Waals surface area contributed by atoms with E-state index in [4.69, 9.17) is 4.74 Å². The molecule has 7 nitrogen and oxygen atoms in total. The Morgan fingerprint density at radius 3 is 2.48 bits per heavy atom. The van der Waals surface area contributed by atoms with Crippen molar-refractivity contribution in [3.8, 4) is 5.75 Å². The van der Waals surface area contributed by atoms with Gasteiger partial charge in [-0.05, 0) is 29.8 Å². The molecule has 27 heavy (non-hydrogen) atoms. The number of nitrogens with one attached hydrogen (secondary N) is 1. The van der Waals surface area contributed by atoms with Crippen molar-refractivity contribution in [1.29, 1.82) is 0 Å². The van der Waals surface area contributed by atoms with E-state index in [9.17, 15) is 13.2 Å². The number of ether oxygens (including phenoxy) is 1. The monoisotopic (exact) mass is 467 g/mol. The van der Waals surface area contributed by atoms with Crippen LogP contribution in [-0.4, -0.2) is 31.1 Å². The zero-order valence-corrected chi connectivity index (χ0v) is 17.1. The van der Waals surface area contributed by atoms with Gasteiger partial charge in [-0.3, -0.25) is 10.1 Å². The van der Waals surface area contributed by atoms with Crippen LogP contribution >= 0.6 is 27.3 Å². The van der Waals surface area contributed by atoms with Crippen LogP contribution in [0.1, 0.15) is 5.56 Å². The smallest absolute Gasteiger partial charge is 0.264 e. The van der Waals surface area contributed by atoms with Gasteiger partial charge in [0.2, 0.25) is 19.3 Å². The van der Waals surface area contributed by atoms with E-state index in [1.54, 1.807) is 48.5 Å². The summed E-state index contributed by atoms with van der Waals surface area (Å²) in [5, 5.41) is 10.0. The zero-order chi connectivity index (χ0) is 19.3. The zero-order valence-electron chi connectivity index (χ0n) is 13.8. The van der Waals surface area contributed by atoms with Gasteiger partial charge in [-0.2, -0.15) is 0 Å². The van der Waals surface area contributed by atoms with Crippen molar-refractivity contribution in [2.24, 2.45) is 0 Å². The summed E-state index contributed by atoms with van der Waals surface area (Å²) in [5.74, 6) is -0.0962. The van der Waals surface area contributed by atoms with Crippen LogP contribution in [0.4, 0.5) is 5.13 Å². The standard InChI is InChI=1S/C17H14BrN3O4S2/c18-13-6-8-14(9-7-13)25-10-15(22)19-16-20-21-17(26-16)27(23,24)11-12-4-2-1-3-5-12/h1-9H,10-11H2,(H,19,20,22). The predicted molar refractivity (Wildman–Crippen MR) is 106 cm³/mol. The van der Waals surface area contributed by atoms with E-state index in [0.29, 0.717) is 11.3 Å². The largest absolute Gasteiger partial charge is 0.484 e. The number of anilines is 1. The molecule has 1 aromatic heterocycles. The third-order valence-electron chi connectivity index (χ3n) is 3.30. The fourth-order valence-corrected chi connectivity index (χ4v) is 4.68. The first kappa shape index (κ1) is 19.5. The summed E-state index contributed by atoms with van der Waals surface area (Å²) >= 11 is 4.12. The van der Waals surface area contributed by atoms with Gasteiger partial charge in [-0.15, -0.1) is 10.2 Å². The molecular formula is C17H14BrN3O4S2. The van der Waals surface area contributed by atoms with Gasteiger partial charge in [0.05, 0.1) is 5.75 Å². The van der Waals surface area contributed by atoms with Crippen LogP contribution in [0.25, 0.3) is 0 Å². The van der Waals surface area contributed by atoms with Gasteiger partial charge >= 0.3 is 0 Å². The number of hydrogen-bond acceptors (Lipinski definition) is 7. The number of nitrogens with zero attached hydrogens (tertiary/aromatic N) is 2. The molecule has 0 bridgehead atoms. The van der Waals surface area contributed by atoms with E-state index >= 15 is 0 Å². The molecule has 1 N–H and O–H groups in total. The molecule has 1 heterocycles. The molecular weight excluding hydrogens is 454 g/mol. The topological polar surface area (TPSA) is 98.2 Å². The second-order valence-corrected chi connectivity index (χ2v) is 9.47. The molecule has 0 atom stereocenters. The fraction of sp³-hybridized carbons (Fsp3) is 0.118. The second-order valence-electron chi connectivity index (χ2n) is 5.41. The van der Waals surface area contributed by atoms with Gasteiger partial charge in [0.15, 0.2) is 6.61 Å². The van der Waals surface area contributed by atoms with Gasteiger partial charge < -0.3 is 4.74 Å². The summed E-state index contributed by atoms with van der Waals surface area (Å²) in [4.78, 5) is 11.9. The summed E-state index contributed by atoms with van der Waals surface area (Å²) in [6.45, 7) is -0.229. The maximum absolute atomic E-state index is 12.4. The minimum Gasteiger partial charge on any atom is -0.484 e. The fourth-order valence-electron chi connectivity index (χ4n) is 2.08. The SMILES string of the molecule is O=C(COc1ccc(Br)cc1)Nc1nnc(S(=O)(=O)Cc2ccccc2)s1. The molecule has 0 aliphatic heterocycles. The first-order valence-corrected chi connectivity index (χ1v) is 11.0. The summed E-state index contributed by atoms with van der Waals surface area (Å²) in [6, 6.07) is 15.8. The van der Waals surface area contributed by atoms with Crippen LogP contribution in [0.5, 0.6) is 5.75 Å². The van der Waals surface area contributed by atoms with Crippen LogP contribution in [0, 0.1) is 0 Å². The van der Waals surface area contributed by atoms with Crippen molar-refractivity contribution in [1.82, 2.24) is 10.2 Å². The van der Waals surface area contributed by atoms with E-state index in [2.05, 4.69) is 31.4 Å². The van der Waals surface area contributed by atoms with E-state index in [0.717, 1.165) is 15.8 Å². The Morgan fingerprint density at radius 2 is 1.78 bits per heavy atom. The van der Waals surface area contributed by atoms with Crippen molar-refractivity contribution < 1.29 is 17.9 Å². The maximum Gasteiger partial charge on any atom is 0.264 e. The average molecular weight is 468 g/mol. The number of hydrogen-bond donors (Lipinski definition) is 1. The first-order chi connectivity index (χ1) is 12.9. The lowest BCUT2D eigenvalue weighted by Gasteiger charge is -2.05. The van der Waals surface area contributed by atoms with E-state index in [-0.39, 0.29) is 21.8 Å². The molecule has 0 radical (unpaired) electrons. The molecule has 2 aromatic carbocycles. The molecule has 0 spiro atoms. The van der Waals surface area contributed by atoms with E-state index in [1.807, 2.05) is 6.07 Å². The molecule has 140 valence electrons. The minimum atomic E-state index is -3.63. The highest BCUT2D eigenvalue weighted by molar-refractivity contribution is 9.10. The summed E-state index contributed by atoms with van der Waals surface area (Å²) in [5.41, 5.74) is 0.654. The van der Waals surface area contributed by atoms with Crippen molar-refractivity contribution >= 4 is 48.1 Å². The number of benzene rings is 2. The molecule has 3 aromatic rings. The van der Waals surface area contributed by atoms with Crippen LogP contribution < -0.4 is 10.1 Å². The Balaban J connectivity index is 1.58. The summed E-state index contributed by atoms with van der Waals surface area (Å²) in [7, 11) is -3.63. The number of carbonyl (C=O) groups excluding carboxylic acids is 1. The summed E-state index contributed by atoms with van der Waals surface area (Å²) < 4.78 is 30.9. The first-order valence-electron chi connectivity index (χ1n) is 7.71. The van der Waals surface area contributed by atoms with Gasteiger partial charge in [-0.1, -0.05) is 57.6 Å². The lowest BCUT2D eigenvalue weighted by atomic mass is 10.2. The highest BCUT2D eigenvalue weighted by Gasteiger charge is 2.21. The number of amides is 1. The molecule has 1 amide bonds. The Bertz CT molecular complexity index is 1020. The molecule has 0 fully saturated rings. The van der Waals surface area contributed by atoms with Crippen molar-refractivity contribution in [3.63, 3.8) is 0 Å². The van der Waals surface area contributed by atoms with Gasteiger partial charge in [-0.25, -0.2) is 8.42 Å². The molecule has 0 aliphatic rings. The van der Waals surface area contributed by atoms with Crippen LogP contribution in [-0.2, 0) is 20.4 Å². The second kappa shape index (κ2) is 8.59. The Hall–Kier alpha value is -2.30. The van der Waals surface area contributed by atoms with Crippen molar-refractivity contribution in [3.05, 3.63) is 64.6 Å². The Morgan fingerprint density at radius 1 is 1.07 bits per heavy atom. The highest BCUT2D eigenvalue weighted by Crippen LogP contribution is 2.23. The number of carbonyl (C=O) groups is 1. The van der Waals surface area contributed by atoms with Crippen molar-refractivity contribution in [2.45, 2.75) is 10.1 Å². The minimum absolute atomic E-state index is 0.103. The van der Waals surface area contributed by atoms with E-state index < -0.39 is 15.7 Å². The quantitative estimate of drug-likeness (QED) is 0.535. The predicted octanol–water partition coefficient (Wildman–Crippen LogP) is 3.29. The van der Waals surface area contributed by atoms with E-state index in [1.165, 1.54) is 0 Å². The molecule has 0 aliphatic carbocycles.